The molecule has 2 N–H and O–H groups in total. The van der Waals surface area contributed by atoms with Gasteiger partial charge in [0.05, 0.1) is 5.52 Å². The van der Waals surface area contributed by atoms with Gasteiger partial charge in [-0.1, -0.05) is 11.6 Å². The number of hydrogen-bond acceptors (Lipinski definition) is 2. The number of hydrogen-bond donors (Lipinski definition) is 1. The van der Waals surface area contributed by atoms with Crippen molar-refractivity contribution in [3.63, 3.8) is 0 Å². The highest BCUT2D eigenvalue weighted by Crippen LogP contribution is 2.18. The van der Waals surface area contributed by atoms with Crippen LogP contribution in [0.4, 0.5) is 0 Å². The molecule has 2 rings (SSSR count). The molecule has 0 saturated heterocycles. The number of nitrogens with zero attached hydrogens (tertiary/aromatic N) is 2. The van der Waals surface area contributed by atoms with E-state index in [1.165, 1.54) is 10.9 Å². The molecule has 0 radical (unpaired) electrons. The van der Waals surface area contributed by atoms with E-state index in [4.69, 9.17) is 5.73 Å². The first-order chi connectivity index (χ1) is 6.20. The van der Waals surface area contributed by atoms with Gasteiger partial charge in [0.2, 0.25) is 0 Å². The zero-order valence-electron chi connectivity index (χ0n) is 7.91. The lowest BCUT2D eigenvalue weighted by Crippen LogP contribution is -1.98. The van der Waals surface area contributed by atoms with Crippen molar-refractivity contribution in [2.24, 2.45) is 12.8 Å². The average molecular weight is 175 g/mol. The fourth-order valence-electron chi connectivity index (χ4n) is 1.65. The van der Waals surface area contributed by atoms with Gasteiger partial charge in [-0.25, -0.2) is 0 Å². The Hall–Kier alpha value is -1.35. The fourth-order valence-corrected chi connectivity index (χ4v) is 1.65. The van der Waals surface area contributed by atoms with E-state index >= 15 is 0 Å². The lowest BCUT2D eigenvalue weighted by molar-refractivity contribution is 0.778. The molecular formula is C10H13N3. The zero-order chi connectivity index (χ0) is 9.42. The van der Waals surface area contributed by atoms with Gasteiger partial charge in [0.1, 0.15) is 0 Å². The summed E-state index contributed by atoms with van der Waals surface area (Å²) in [5.74, 6) is 0. The van der Waals surface area contributed by atoms with Gasteiger partial charge in [-0.3, -0.25) is 4.68 Å². The van der Waals surface area contributed by atoms with Gasteiger partial charge in [-0.05, 0) is 18.6 Å². The Morgan fingerprint density at radius 3 is 2.92 bits per heavy atom. The average Bonchev–Trinajstić information content (AvgIpc) is 2.43. The molecule has 0 saturated carbocycles. The maximum atomic E-state index is 5.64. The minimum absolute atomic E-state index is 0.551. The molecule has 2 aromatic rings. The second-order valence-corrected chi connectivity index (χ2v) is 3.37. The Balaban J connectivity index is 2.80. The first kappa shape index (κ1) is 8.26. The summed E-state index contributed by atoms with van der Waals surface area (Å²) in [4.78, 5) is 0. The van der Waals surface area contributed by atoms with Crippen LogP contribution in [0.1, 0.15) is 11.1 Å². The maximum absolute atomic E-state index is 5.64. The molecule has 0 bridgehead atoms. The summed E-state index contributed by atoms with van der Waals surface area (Å²) in [7, 11) is 1.93. The monoisotopic (exact) mass is 175 g/mol. The summed E-state index contributed by atoms with van der Waals surface area (Å²) in [6, 6.07) is 4.22. The molecule has 0 aliphatic heterocycles. The number of nitrogens with two attached hydrogens (primary N) is 1. The van der Waals surface area contributed by atoms with Crippen molar-refractivity contribution in [1.82, 2.24) is 9.78 Å². The van der Waals surface area contributed by atoms with Gasteiger partial charge < -0.3 is 5.73 Å². The third-order valence-corrected chi connectivity index (χ3v) is 2.17. The van der Waals surface area contributed by atoms with E-state index in [0.717, 1.165) is 11.1 Å². The van der Waals surface area contributed by atoms with Gasteiger partial charge in [0, 0.05) is 25.2 Å². The van der Waals surface area contributed by atoms with Gasteiger partial charge in [0.25, 0.3) is 0 Å². The van der Waals surface area contributed by atoms with Crippen molar-refractivity contribution in [3.8, 4) is 0 Å². The summed E-state index contributed by atoms with van der Waals surface area (Å²) in [6.07, 6.45) is 2.02. The van der Waals surface area contributed by atoms with Crippen LogP contribution in [0, 0.1) is 6.92 Å². The molecule has 0 spiro atoms. The molecule has 1 aromatic heterocycles. The summed E-state index contributed by atoms with van der Waals surface area (Å²) in [5.41, 5.74) is 9.03. The molecule has 0 aliphatic rings. The predicted molar refractivity (Wildman–Crippen MR) is 53.3 cm³/mol. The third-order valence-electron chi connectivity index (χ3n) is 2.17. The molecule has 3 heteroatoms. The molecule has 68 valence electrons. The van der Waals surface area contributed by atoms with E-state index in [1.54, 1.807) is 0 Å². The minimum atomic E-state index is 0.551. The van der Waals surface area contributed by atoms with Gasteiger partial charge in [-0.15, -0.1) is 0 Å². The van der Waals surface area contributed by atoms with E-state index in [-0.39, 0.29) is 0 Å². The number of aromatic nitrogens is 2. The van der Waals surface area contributed by atoms with Crippen LogP contribution in [0.3, 0.4) is 0 Å². The van der Waals surface area contributed by atoms with Crippen molar-refractivity contribution in [1.29, 1.82) is 0 Å². The molecule has 0 atom stereocenters. The highest BCUT2D eigenvalue weighted by atomic mass is 15.2. The Morgan fingerprint density at radius 1 is 1.46 bits per heavy atom. The number of rotatable bonds is 1. The van der Waals surface area contributed by atoms with Crippen molar-refractivity contribution in [2.45, 2.75) is 13.5 Å². The highest BCUT2D eigenvalue weighted by Gasteiger charge is 2.04. The van der Waals surface area contributed by atoms with Crippen molar-refractivity contribution >= 4 is 10.9 Å². The molecule has 0 unspecified atom stereocenters. The molecule has 0 fully saturated rings. The van der Waals surface area contributed by atoms with Crippen molar-refractivity contribution in [2.75, 3.05) is 0 Å². The number of aryl methyl sites for hydroxylation is 2. The van der Waals surface area contributed by atoms with Crippen LogP contribution >= 0.6 is 0 Å². The molecule has 3 nitrogen and oxygen atoms in total. The second kappa shape index (κ2) is 2.85. The molecule has 0 amide bonds. The van der Waals surface area contributed by atoms with E-state index in [2.05, 4.69) is 24.2 Å². The molecule has 1 heterocycles. The van der Waals surface area contributed by atoms with E-state index in [9.17, 15) is 0 Å². The van der Waals surface area contributed by atoms with E-state index in [0.29, 0.717) is 6.54 Å². The standard InChI is InChI=1S/C10H13N3/c1-7-3-8(5-11)10-9(4-7)6-13(2)12-10/h3-4,6H,5,11H2,1-2H3. The SMILES string of the molecule is Cc1cc(CN)c2nn(C)cc2c1. The van der Waals surface area contributed by atoms with Crippen LogP contribution < -0.4 is 5.73 Å². The number of benzene rings is 1. The van der Waals surface area contributed by atoms with Crippen molar-refractivity contribution < 1.29 is 0 Å². The zero-order valence-corrected chi connectivity index (χ0v) is 7.91. The topological polar surface area (TPSA) is 43.8 Å². The number of fused-ring (bicyclic) bond motifs is 1. The van der Waals surface area contributed by atoms with Gasteiger partial charge >= 0.3 is 0 Å². The Morgan fingerprint density at radius 2 is 2.23 bits per heavy atom. The minimum Gasteiger partial charge on any atom is -0.326 e. The van der Waals surface area contributed by atoms with E-state index < -0.39 is 0 Å². The third kappa shape index (κ3) is 1.31. The Bertz CT molecular complexity index is 443. The van der Waals surface area contributed by atoms with Crippen LogP contribution in [0.5, 0.6) is 0 Å². The fraction of sp³-hybridized carbons (Fsp3) is 0.300. The molecule has 0 aliphatic carbocycles. The quantitative estimate of drug-likeness (QED) is 0.710. The molecular weight excluding hydrogens is 162 g/mol. The summed E-state index contributed by atoms with van der Waals surface area (Å²) >= 11 is 0. The summed E-state index contributed by atoms with van der Waals surface area (Å²) < 4.78 is 1.82. The van der Waals surface area contributed by atoms with Gasteiger partial charge in [-0.2, -0.15) is 5.10 Å². The Labute approximate surface area is 77.2 Å². The Kier molecular flexibility index (Phi) is 1.81. The lowest BCUT2D eigenvalue weighted by atomic mass is 10.1. The highest BCUT2D eigenvalue weighted by molar-refractivity contribution is 5.82. The first-order valence-corrected chi connectivity index (χ1v) is 4.33. The van der Waals surface area contributed by atoms with Crippen LogP contribution in [0.15, 0.2) is 18.3 Å². The summed E-state index contributed by atoms with van der Waals surface area (Å²) in [6.45, 7) is 2.63. The van der Waals surface area contributed by atoms with Crippen molar-refractivity contribution in [3.05, 3.63) is 29.5 Å². The smallest absolute Gasteiger partial charge is 0.0968 e. The molecule has 1 aromatic carbocycles. The predicted octanol–water partition coefficient (Wildman–Crippen LogP) is 1.34. The normalized spacial score (nSPS) is 11.0. The van der Waals surface area contributed by atoms with Crippen LogP contribution in [-0.2, 0) is 13.6 Å². The first-order valence-electron chi connectivity index (χ1n) is 4.33. The van der Waals surface area contributed by atoms with Gasteiger partial charge in [0.15, 0.2) is 0 Å². The largest absolute Gasteiger partial charge is 0.326 e. The summed E-state index contributed by atoms with van der Waals surface area (Å²) in [5, 5.41) is 5.53. The van der Waals surface area contributed by atoms with Crippen LogP contribution in [0.25, 0.3) is 10.9 Å². The second-order valence-electron chi connectivity index (χ2n) is 3.37. The molecule has 13 heavy (non-hydrogen) atoms. The van der Waals surface area contributed by atoms with E-state index in [1.807, 2.05) is 17.9 Å². The van der Waals surface area contributed by atoms with Crippen LogP contribution in [-0.4, -0.2) is 9.78 Å². The maximum Gasteiger partial charge on any atom is 0.0968 e. The van der Waals surface area contributed by atoms with Crippen LogP contribution in [0.2, 0.25) is 0 Å². The lowest BCUT2D eigenvalue weighted by Gasteiger charge is -1.99.